The molecule has 0 aliphatic carbocycles. The predicted molar refractivity (Wildman–Crippen MR) is 119 cm³/mol. The summed E-state index contributed by atoms with van der Waals surface area (Å²) >= 11 is 0. The summed E-state index contributed by atoms with van der Waals surface area (Å²) in [5, 5.41) is 20.8. The van der Waals surface area contributed by atoms with Crippen LogP contribution in [0.15, 0.2) is 18.2 Å². The number of esters is 2. The molecule has 1 aliphatic rings. The van der Waals surface area contributed by atoms with Crippen LogP contribution in [-0.2, 0) is 37.4 Å². The van der Waals surface area contributed by atoms with Gasteiger partial charge in [0.25, 0.3) is 0 Å². The summed E-state index contributed by atoms with van der Waals surface area (Å²) < 4.78 is 45.6. The van der Waals surface area contributed by atoms with Crippen molar-refractivity contribution in [3.8, 4) is 11.5 Å². The van der Waals surface area contributed by atoms with Gasteiger partial charge in [-0.2, -0.15) is 0 Å². The molecule has 0 amide bonds. The maximum atomic E-state index is 12.9. The lowest BCUT2D eigenvalue weighted by atomic mass is 9.96. The normalized spacial score (nSPS) is 24.9. The number of benzene rings is 1. The van der Waals surface area contributed by atoms with E-state index in [4.69, 9.17) is 33.7 Å². The van der Waals surface area contributed by atoms with Crippen LogP contribution in [0.3, 0.4) is 0 Å². The Morgan fingerprint density at radius 2 is 1.68 bits per heavy atom. The molecule has 4 N–H and O–H groups in total. The molecule has 34 heavy (non-hydrogen) atoms. The van der Waals surface area contributed by atoms with Gasteiger partial charge in [-0.25, -0.2) is 0 Å². The Balaban J connectivity index is 2.34. The molecular formula is C21H32NO11P. The zero-order valence-corrected chi connectivity index (χ0v) is 20.4. The van der Waals surface area contributed by atoms with Crippen LogP contribution >= 0.6 is 7.60 Å². The van der Waals surface area contributed by atoms with Gasteiger partial charge >= 0.3 is 19.5 Å². The molecule has 0 bridgehead atoms. The lowest BCUT2D eigenvalue weighted by molar-refractivity contribution is -0.280. The number of aliphatic hydroxyl groups excluding tert-OH is 1. The van der Waals surface area contributed by atoms with Crippen molar-refractivity contribution in [2.24, 2.45) is 0 Å². The Hall–Kier alpha value is -2.37. The Labute approximate surface area is 197 Å². The third kappa shape index (κ3) is 7.57. The molecule has 0 radical (unpaired) electrons. The molecule has 2 rings (SSSR count). The molecule has 5 atom stereocenters. The lowest BCUT2D eigenvalue weighted by Gasteiger charge is -2.43. The maximum Gasteiger partial charge on any atom is 0.330 e. The first-order valence-electron chi connectivity index (χ1n) is 10.8. The summed E-state index contributed by atoms with van der Waals surface area (Å²) in [6.45, 7) is 5.92. The summed E-state index contributed by atoms with van der Waals surface area (Å²) in [5.74, 6) is -1.61. The van der Waals surface area contributed by atoms with Gasteiger partial charge < -0.3 is 43.9 Å². The van der Waals surface area contributed by atoms with Gasteiger partial charge in [0, 0.05) is 19.9 Å². The number of carbonyl (C=O) groups excluding carboxylic acids is 2. The Bertz CT molecular complexity index is 885. The van der Waals surface area contributed by atoms with E-state index < -0.39 is 50.2 Å². The van der Waals surface area contributed by atoms with Gasteiger partial charge in [0.15, 0.2) is 6.10 Å². The molecule has 1 aromatic rings. The van der Waals surface area contributed by atoms with Crippen LogP contribution < -0.4 is 10.5 Å². The van der Waals surface area contributed by atoms with Crippen molar-refractivity contribution in [1.82, 2.24) is 0 Å². The molecule has 1 aliphatic heterocycles. The fourth-order valence-electron chi connectivity index (χ4n) is 3.44. The van der Waals surface area contributed by atoms with Gasteiger partial charge in [-0.3, -0.25) is 14.2 Å². The van der Waals surface area contributed by atoms with E-state index in [1.54, 1.807) is 13.8 Å². The number of phenols is 1. The molecule has 192 valence electrons. The second-order valence-electron chi connectivity index (χ2n) is 7.48. The lowest BCUT2D eigenvalue weighted by Crippen LogP contribution is -2.61. The van der Waals surface area contributed by atoms with Crippen molar-refractivity contribution in [2.75, 3.05) is 25.1 Å². The predicted octanol–water partition coefficient (Wildman–Crippen LogP) is 1.96. The van der Waals surface area contributed by atoms with Crippen LogP contribution in [0.25, 0.3) is 0 Å². The second-order valence-corrected chi connectivity index (χ2v) is 9.66. The minimum Gasteiger partial charge on any atom is -0.506 e. The van der Waals surface area contributed by atoms with Gasteiger partial charge in [0.05, 0.1) is 31.2 Å². The maximum absolute atomic E-state index is 12.9. The third-order valence-electron chi connectivity index (χ3n) is 4.82. The van der Waals surface area contributed by atoms with E-state index in [0.29, 0.717) is 0 Å². The minimum atomic E-state index is -3.47. The highest BCUT2D eigenvalue weighted by atomic mass is 31.2. The quantitative estimate of drug-likeness (QED) is 0.173. The van der Waals surface area contributed by atoms with Gasteiger partial charge in [-0.1, -0.05) is 0 Å². The zero-order chi connectivity index (χ0) is 25.5. The van der Waals surface area contributed by atoms with Crippen molar-refractivity contribution in [3.05, 3.63) is 18.2 Å². The summed E-state index contributed by atoms with van der Waals surface area (Å²) in [4.78, 5) is 23.5. The average molecular weight is 505 g/mol. The molecule has 13 heteroatoms. The number of ether oxygens (including phenoxy) is 4. The first-order chi connectivity index (χ1) is 16.0. The van der Waals surface area contributed by atoms with Crippen molar-refractivity contribution in [3.63, 3.8) is 0 Å². The van der Waals surface area contributed by atoms with E-state index in [9.17, 15) is 24.4 Å². The highest BCUT2D eigenvalue weighted by molar-refractivity contribution is 7.53. The molecular weight excluding hydrogens is 473 g/mol. The van der Waals surface area contributed by atoms with Crippen LogP contribution in [0.4, 0.5) is 5.69 Å². The number of anilines is 1. The first kappa shape index (κ1) is 27.9. The second kappa shape index (κ2) is 12.4. The van der Waals surface area contributed by atoms with Gasteiger partial charge in [0.2, 0.25) is 12.4 Å². The summed E-state index contributed by atoms with van der Waals surface area (Å²) in [7, 11) is -3.47. The number of aliphatic hydroxyl groups is 1. The summed E-state index contributed by atoms with van der Waals surface area (Å²) in [5.41, 5.74) is 5.73. The number of rotatable bonds is 11. The van der Waals surface area contributed by atoms with E-state index in [2.05, 4.69) is 0 Å². The summed E-state index contributed by atoms with van der Waals surface area (Å²) in [6.07, 6.45) is -6.69. The van der Waals surface area contributed by atoms with E-state index in [1.165, 1.54) is 18.2 Å². The van der Waals surface area contributed by atoms with Crippen molar-refractivity contribution in [1.29, 1.82) is 0 Å². The van der Waals surface area contributed by atoms with E-state index >= 15 is 0 Å². The summed E-state index contributed by atoms with van der Waals surface area (Å²) in [6, 6.07) is 4.07. The molecule has 0 saturated carbocycles. The third-order valence-corrected chi connectivity index (χ3v) is 6.92. The molecule has 1 saturated heterocycles. The van der Waals surface area contributed by atoms with Crippen LogP contribution in [0, 0.1) is 0 Å². The molecule has 1 heterocycles. The van der Waals surface area contributed by atoms with Crippen LogP contribution in [0.2, 0.25) is 0 Å². The standard InChI is InChI=1S/C21H32NO11P/c1-5-28-34(27,29-6-2)10-9-17-18(26)19(30-12(3)23)20(31-13(4)24)21(33-17)32-14-7-8-15(22)16(25)11-14/h7-8,11,17-21,25-26H,5-6,9-10,22H2,1-4H3/t17-,18-,19+,20+,21+/m1/s1. The molecule has 0 unspecified atom stereocenters. The van der Waals surface area contributed by atoms with E-state index in [-0.39, 0.29) is 43.0 Å². The topological polar surface area (TPSA) is 173 Å². The van der Waals surface area contributed by atoms with E-state index in [1.807, 2.05) is 0 Å². The number of hydrogen-bond acceptors (Lipinski definition) is 12. The molecule has 1 fully saturated rings. The molecule has 0 spiro atoms. The Kier molecular flexibility index (Phi) is 10.1. The monoisotopic (exact) mass is 505 g/mol. The van der Waals surface area contributed by atoms with Crippen LogP contribution in [-0.4, -0.2) is 72.2 Å². The number of carbonyl (C=O) groups is 2. The minimum absolute atomic E-state index is 0.0180. The fraction of sp³-hybridized carbons (Fsp3) is 0.619. The largest absolute Gasteiger partial charge is 0.506 e. The van der Waals surface area contributed by atoms with Gasteiger partial charge in [-0.15, -0.1) is 0 Å². The number of aromatic hydroxyl groups is 1. The highest BCUT2D eigenvalue weighted by Crippen LogP contribution is 2.49. The van der Waals surface area contributed by atoms with Crippen LogP contribution in [0.5, 0.6) is 11.5 Å². The van der Waals surface area contributed by atoms with Crippen molar-refractivity contribution >= 4 is 25.2 Å². The Morgan fingerprint density at radius 3 is 2.21 bits per heavy atom. The van der Waals surface area contributed by atoms with Crippen LogP contribution in [0.1, 0.15) is 34.1 Å². The van der Waals surface area contributed by atoms with Crippen molar-refractivity contribution in [2.45, 2.75) is 64.8 Å². The number of nitrogens with two attached hydrogens (primary N) is 1. The number of nitrogen functional groups attached to an aromatic ring is 1. The van der Waals surface area contributed by atoms with Gasteiger partial charge in [0.1, 0.15) is 17.6 Å². The molecule has 12 nitrogen and oxygen atoms in total. The number of hydrogen-bond donors (Lipinski definition) is 3. The van der Waals surface area contributed by atoms with Gasteiger partial charge in [-0.05, 0) is 32.4 Å². The molecule has 0 aromatic heterocycles. The SMILES string of the molecule is CCOP(=O)(CC[C@H]1O[C@H](Oc2ccc(N)c(O)c2)[C@@H](OC(C)=O)[C@@H](OC(C)=O)[C@@H]1O)OCC. The highest BCUT2D eigenvalue weighted by Gasteiger charge is 2.51. The van der Waals surface area contributed by atoms with Crippen molar-refractivity contribution < 1.29 is 52.4 Å². The van der Waals surface area contributed by atoms with E-state index in [0.717, 1.165) is 13.8 Å². The smallest absolute Gasteiger partial charge is 0.330 e. The average Bonchev–Trinajstić information content (AvgIpc) is 2.74. The molecule has 1 aromatic carbocycles. The fourth-order valence-corrected chi connectivity index (χ4v) is 5.13. The number of phenolic OH excluding ortho intramolecular Hbond substituents is 1. The Morgan fingerprint density at radius 1 is 1.09 bits per heavy atom. The zero-order valence-electron chi connectivity index (χ0n) is 19.5. The first-order valence-corrected chi connectivity index (χ1v) is 12.5.